The van der Waals surface area contributed by atoms with Gasteiger partial charge in [0.1, 0.15) is 12.4 Å². The van der Waals surface area contributed by atoms with E-state index in [0.29, 0.717) is 18.4 Å². The molecule has 0 saturated heterocycles. The molecule has 0 N–H and O–H groups in total. The van der Waals surface area contributed by atoms with Crippen molar-refractivity contribution in [1.82, 2.24) is 0 Å². The largest absolute Gasteiger partial charge is 0.488 e. The molecule has 0 bridgehead atoms. The van der Waals surface area contributed by atoms with E-state index in [1.54, 1.807) is 0 Å². The summed E-state index contributed by atoms with van der Waals surface area (Å²) < 4.78 is 7.20. The predicted molar refractivity (Wildman–Crippen MR) is 136 cm³/mol. The number of rotatable bonds is 7. The summed E-state index contributed by atoms with van der Waals surface area (Å²) in [6.45, 7) is 13.6. The molecule has 0 radical (unpaired) electrons. The highest BCUT2D eigenvalue weighted by Gasteiger charge is 2.13. The minimum absolute atomic E-state index is 0.423. The molecule has 0 saturated carbocycles. The van der Waals surface area contributed by atoms with Crippen molar-refractivity contribution in [3.8, 4) is 5.75 Å². The summed E-state index contributed by atoms with van der Waals surface area (Å²) in [4.78, 5) is 4.97. The molecule has 3 aromatic rings. The second kappa shape index (κ2) is 10.3. The van der Waals surface area contributed by atoms with E-state index in [1.165, 1.54) is 11.1 Å². The Morgan fingerprint density at radius 1 is 0.839 bits per heavy atom. The maximum absolute atomic E-state index is 6.18. The molecule has 0 aliphatic rings. The van der Waals surface area contributed by atoms with E-state index in [9.17, 15) is 0 Å². The maximum Gasteiger partial charge on any atom is 0.125 e. The van der Waals surface area contributed by atoms with Gasteiger partial charge in [0, 0.05) is 21.8 Å². The van der Waals surface area contributed by atoms with Crippen molar-refractivity contribution in [1.29, 1.82) is 0 Å². The van der Waals surface area contributed by atoms with Gasteiger partial charge < -0.3 is 4.74 Å². The topological polar surface area (TPSA) is 21.6 Å². The highest BCUT2D eigenvalue weighted by molar-refractivity contribution is 9.10. The molecule has 0 aromatic heterocycles. The Bertz CT molecular complexity index is 1040. The fraction of sp³-hybridized carbons (Fsp3) is 0.321. The lowest BCUT2D eigenvalue weighted by Gasteiger charge is -2.16. The van der Waals surface area contributed by atoms with Crippen LogP contribution in [0.1, 0.15) is 72.9 Å². The molecule has 0 aliphatic heterocycles. The molecule has 0 fully saturated rings. The lowest BCUT2D eigenvalue weighted by atomic mass is 9.93. The van der Waals surface area contributed by atoms with Crippen LogP contribution in [0.5, 0.6) is 5.75 Å². The Morgan fingerprint density at radius 2 is 1.39 bits per heavy atom. The van der Waals surface area contributed by atoms with Crippen molar-refractivity contribution < 1.29 is 4.74 Å². The average Bonchev–Trinajstić information content (AvgIpc) is 2.73. The summed E-state index contributed by atoms with van der Waals surface area (Å²) in [6, 6.07) is 19.0. The van der Waals surface area contributed by atoms with Crippen LogP contribution in [-0.2, 0) is 6.61 Å². The van der Waals surface area contributed by atoms with Crippen LogP contribution < -0.4 is 4.74 Å². The Labute approximate surface area is 195 Å². The van der Waals surface area contributed by atoms with E-state index in [2.05, 4.69) is 112 Å². The van der Waals surface area contributed by atoms with Crippen molar-refractivity contribution in [3.63, 3.8) is 0 Å². The van der Waals surface area contributed by atoms with Crippen LogP contribution >= 0.6 is 15.9 Å². The normalized spacial score (nSPS) is 11.6. The van der Waals surface area contributed by atoms with Crippen LogP contribution in [-0.4, -0.2) is 6.21 Å². The standard InChI is InChI=1S/C28H32BrNO/c1-18(2)24-14-9-15-25(19(3)4)27(24)30-16-22-12-8-13-23(26(22)29)17-31-28-20(5)10-7-11-21(28)6/h7-16,18-19H,17H2,1-6H3. The summed E-state index contributed by atoms with van der Waals surface area (Å²) in [7, 11) is 0. The quantitative estimate of drug-likeness (QED) is 0.312. The summed E-state index contributed by atoms with van der Waals surface area (Å²) in [5.41, 5.74) is 8.13. The molecule has 0 amide bonds. The number of hydrogen-bond donors (Lipinski definition) is 0. The summed E-state index contributed by atoms with van der Waals surface area (Å²) in [5, 5.41) is 0. The predicted octanol–water partition coefficient (Wildman–Crippen LogP) is 8.64. The summed E-state index contributed by atoms with van der Waals surface area (Å²) >= 11 is 3.79. The first-order valence-corrected chi connectivity index (χ1v) is 11.7. The van der Waals surface area contributed by atoms with Crippen LogP contribution in [0, 0.1) is 13.8 Å². The van der Waals surface area contributed by atoms with Gasteiger partial charge >= 0.3 is 0 Å². The minimum Gasteiger partial charge on any atom is -0.488 e. The van der Waals surface area contributed by atoms with Crippen LogP contribution in [0.3, 0.4) is 0 Å². The van der Waals surface area contributed by atoms with Crippen molar-refractivity contribution >= 4 is 27.8 Å². The molecule has 162 valence electrons. The molecule has 3 rings (SSSR count). The Hall–Kier alpha value is -2.39. The zero-order valence-corrected chi connectivity index (χ0v) is 21.0. The molecule has 0 aliphatic carbocycles. The van der Waals surface area contributed by atoms with Gasteiger partial charge in [0.15, 0.2) is 0 Å². The average molecular weight is 478 g/mol. The number of aliphatic imine (C=N–C) groups is 1. The number of hydrogen-bond acceptors (Lipinski definition) is 2. The third-order valence-corrected chi connectivity index (χ3v) is 6.53. The maximum atomic E-state index is 6.18. The molecule has 0 unspecified atom stereocenters. The molecule has 0 atom stereocenters. The van der Waals surface area contributed by atoms with Gasteiger partial charge in [0.05, 0.1) is 5.69 Å². The number of para-hydroxylation sites is 2. The van der Waals surface area contributed by atoms with Crippen LogP contribution in [0.2, 0.25) is 0 Å². The van der Waals surface area contributed by atoms with Gasteiger partial charge in [0.2, 0.25) is 0 Å². The van der Waals surface area contributed by atoms with Gasteiger partial charge in [-0.05, 0) is 63.9 Å². The third kappa shape index (κ3) is 5.46. The number of benzene rings is 3. The van der Waals surface area contributed by atoms with E-state index < -0.39 is 0 Å². The first-order valence-electron chi connectivity index (χ1n) is 10.9. The fourth-order valence-corrected chi connectivity index (χ4v) is 4.26. The van der Waals surface area contributed by atoms with E-state index in [0.717, 1.165) is 38.2 Å². The fourth-order valence-electron chi connectivity index (χ4n) is 3.78. The van der Waals surface area contributed by atoms with Gasteiger partial charge in [-0.1, -0.05) is 82.3 Å². The lowest BCUT2D eigenvalue weighted by molar-refractivity contribution is 0.301. The monoisotopic (exact) mass is 477 g/mol. The smallest absolute Gasteiger partial charge is 0.125 e. The van der Waals surface area contributed by atoms with Gasteiger partial charge in [0.25, 0.3) is 0 Å². The highest BCUT2D eigenvalue weighted by atomic mass is 79.9. The zero-order chi connectivity index (χ0) is 22.5. The van der Waals surface area contributed by atoms with Crippen molar-refractivity contribution in [3.05, 3.63) is 92.5 Å². The summed E-state index contributed by atoms with van der Waals surface area (Å²) in [6.07, 6.45) is 1.97. The van der Waals surface area contributed by atoms with Crippen molar-refractivity contribution in [2.75, 3.05) is 0 Å². The number of halogens is 1. The Kier molecular flexibility index (Phi) is 7.72. The number of ether oxygens (including phenoxy) is 1. The Morgan fingerprint density at radius 3 is 1.97 bits per heavy atom. The highest BCUT2D eigenvalue weighted by Crippen LogP contribution is 2.35. The van der Waals surface area contributed by atoms with Gasteiger partial charge in [-0.25, -0.2) is 0 Å². The Balaban J connectivity index is 1.90. The molecular weight excluding hydrogens is 446 g/mol. The number of nitrogens with zero attached hydrogens (tertiary/aromatic N) is 1. The first kappa shape index (κ1) is 23.3. The SMILES string of the molecule is Cc1cccc(C)c1OCc1cccc(C=Nc2c(C(C)C)cccc2C(C)C)c1Br. The lowest BCUT2D eigenvalue weighted by Crippen LogP contribution is -2.01. The van der Waals surface area contributed by atoms with Gasteiger partial charge in [-0.3, -0.25) is 4.99 Å². The molecule has 0 heterocycles. The van der Waals surface area contributed by atoms with E-state index in [1.807, 2.05) is 6.21 Å². The minimum atomic E-state index is 0.423. The molecule has 3 aromatic carbocycles. The second-order valence-electron chi connectivity index (χ2n) is 8.68. The van der Waals surface area contributed by atoms with E-state index in [-0.39, 0.29) is 0 Å². The second-order valence-corrected chi connectivity index (χ2v) is 9.48. The van der Waals surface area contributed by atoms with Crippen molar-refractivity contribution in [2.24, 2.45) is 4.99 Å². The van der Waals surface area contributed by atoms with Gasteiger partial charge in [-0.15, -0.1) is 0 Å². The van der Waals surface area contributed by atoms with Crippen LogP contribution in [0.25, 0.3) is 0 Å². The molecule has 31 heavy (non-hydrogen) atoms. The van der Waals surface area contributed by atoms with Gasteiger partial charge in [-0.2, -0.15) is 0 Å². The van der Waals surface area contributed by atoms with E-state index >= 15 is 0 Å². The molecule has 0 spiro atoms. The molecule has 3 heteroatoms. The van der Waals surface area contributed by atoms with E-state index in [4.69, 9.17) is 9.73 Å². The molecule has 2 nitrogen and oxygen atoms in total. The first-order chi connectivity index (χ1) is 14.8. The van der Waals surface area contributed by atoms with Crippen molar-refractivity contribution in [2.45, 2.75) is 60.0 Å². The number of aryl methyl sites for hydroxylation is 2. The van der Waals surface area contributed by atoms with Crippen LogP contribution in [0.15, 0.2) is 64.1 Å². The zero-order valence-electron chi connectivity index (χ0n) is 19.4. The summed E-state index contributed by atoms with van der Waals surface area (Å²) in [5.74, 6) is 1.80. The molecular formula is C28H32BrNO. The van der Waals surface area contributed by atoms with Crippen LogP contribution in [0.4, 0.5) is 5.69 Å². The third-order valence-electron chi connectivity index (χ3n) is 5.56.